The maximum Gasteiger partial charge on any atom is -0.00669 e. The third kappa shape index (κ3) is 5.50. The first kappa shape index (κ1) is 22.7. The minimum atomic E-state index is 0.458. The quantitative estimate of drug-likeness (QED) is 0.305. The molecule has 0 bridgehead atoms. The second-order valence-electron chi connectivity index (χ2n) is 10.2. The smallest absolute Gasteiger partial charge is 0.00669 e. The number of benzene rings is 3. The van der Waals surface area contributed by atoms with Crippen LogP contribution < -0.4 is 0 Å². The highest BCUT2D eigenvalue weighted by molar-refractivity contribution is 5.34. The average molecular weight is 445 g/mol. The molecule has 0 nitrogen and oxygen atoms in total. The van der Waals surface area contributed by atoms with Crippen molar-refractivity contribution in [2.45, 2.75) is 44.4 Å². The normalized spacial score (nSPS) is 22.5. The van der Waals surface area contributed by atoms with Gasteiger partial charge in [-0.05, 0) is 84.5 Å². The van der Waals surface area contributed by atoms with Crippen molar-refractivity contribution in [2.24, 2.45) is 17.8 Å². The summed E-state index contributed by atoms with van der Waals surface area (Å²) in [6.07, 6.45) is 14.4. The fraction of sp³-hybridized carbons (Fsp3) is 0.294. The summed E-state index contributed by atoms with van der Waals surface area (Å²) in [5.74, 6) is 2.30. The predicted molar refractivity (Wildman–Crippen MR) is 145 cm³/mol. The van der Waals surface area contributed by atoms with Crippen LogP contribution >= 0.6 is 0 Å². The van der Waals surface area contributed by atoms with Crippen LogP contribution in [0.1, 0.15) is 48.3 Å². The standard InChI is InChI=1S/C34H36/c1-26(21-27-13-5-2-6-14-27)32(22-28-15-7-3-8-16-28)24-33-23-30-19-11-12-20-31(30)25-34(33)29-17-9-4-10-18-29/h2-11,13-19,23,31-34H,1,12,20-22,24-25H2. The molecule has 0 heterocycles. The lowest BCUT2D eigenvalue weighted by atomic mass is 9.66. The summed E-state index contributed by atoms with van der Waals surface area (Å²) in [5, 5.41) is 0. The van der Waals surface area contributed by atoms with Gasteiger partial charge in [-0.25, -0.2) is 0 Å². The molecule has 172 valence electrons. The van der Waals surface area contributed by atoms with Gasteiger partial charge in [-0.3, -0.25) is 0 Å². The maximum absolute atomic E-state index is 4.66. The van der Waals surface area contributed by atoms with Crippen LogP contribution in [0.2, 0.25) is 0 Å². The van der Waals surface area contributed by atoms with Crippen LogP contribution in [-0.2, 0) is 12.8 Å². The van der Waals surface area contributed by atoms with Gasteiger partial charge in [-0.15, -0.1) is 0 Å². The molecule has 5 rings (SSSR count). The number of rotatable bonds is 8. The van der Waals surface area contributed by atoms with E-state index >= 15 is 0 Å². The average Bonchev–Trinajstić information content (AvgIpc) is 2.89. The molecule has 0 N–H and O–H groups in total. The molecular weight excluding hydrogens is 408 g/mol. The molecule has 2 aliphatic rings. The van der Waals surface area contributed by atoms with Gasteiger partial charge in [0.1, 0.15) is 0 Å². The van der Waals surface area contributed by atoms with Gasteiger partial charge in [-0.2, -0.15) is 0 Å². The van der Waals surface area contributed by atoms with Crippen LogP contribution in [0.4, 0.5) is 0 Å². The van der Waals surface area contributed by atoms with Gasteiger partial charge < -0.3 is 0 Å². The van der Waals surface area contributed by atoms with E-state index in [2.05, 4.69) is 116 Å². The third-order valence-corrected chi connectivity index (χ3v) is 7.89. The van der Waals surface area contributed by atoms with E-state index < -0.39 is 0 Å². The monoisotopic (exact) mass is 444 g/mol. The molecule has 0 amide bonds. The van der Waals surface area contributed by atoms with Crippen molar-refractivity contribution >= 4 is 0 Å². The highest BCUT2D eigenvalue weighted by Crippen LogP contribution is 2.46. The molecule has 34 heavy (non-hydrogen) atoms. The molecule has 3 aromatic rings. The van der Waals surface area contributed by atoms with Crippen molar-refractivity contribution in [3.63, 3.8) is 0 Å². The minimum absolute atomic E-state index is 0.458. The van der Waals surface area contributed by atoms with Gasteiger partial charge in [0.25, 0.3) is 0 Å². The Morgan fingerprint density at radius 2 is 1.47 bits per heavy atom. The molecular formula is C34H36. The van der Waals surface area contributed by atoms with E-state index in [1.165, 1.54) is 41.5 Å². The Bertz CT molecular complexity index is 1120. The van der Waals surface area contributed by atoms with Gasteiger partial charge in [0.2, 0.25) is 0 Å². The Hall–Kier alpha value is -3.12. The molecule has 0 heteroatoms. The Balaban J connectivity index is 1.44. The van der Waals surface area contributed by atoms with Crippen LogP contribution in [0.25, 0.3) is 0 Å². The summed E-state index contributed by atoms with van der Waals surface area (Å²) >= 11 is 0. The van der Waals surface area contributed by atoms with E-state index in [1.807, 2.05) is 0 Å². The first-order valence-corrected chi connectivity index (χ1v) is 12.9. The first-order valence-electron chi connectivity index (χ1n) is 12.9. The van der Waals surface area contributed by atoms with E-state index in [4.69, 9.17) is 0 Å². The molecule has 2 aliphatic carbocycles. The zero-order valence-corrected chi connectivity index (χ0v) is 20.2. The van der Waals surface area contributed by atoms with Crippen LogP contribution in [0.5, 0.6) is 0 Å². The Morgan fingerprint density at radius 1 is 0.824 bits per heavy atom. The molecule has 4 unspecified atom stereocenters. The van der Waals surface area contributed by atoms with Crippen molar-refractivity contribution in [2.75, 3.05) is 0 Å². The number of hydrogen-bond donors (Lipinski definition) is 0. The zero-order valence-electron chi connectivity index (χ0n) is 20.2. The highest BCUT2D eigenvalue weighted by Gasteiger charge is 2.33. The minimum Gasteiger partial charge on any atom is -0.0992 e. The fourth-order valence-corrected chi connectivity index (χ4v) is 6.05. The summed E-state index contributed by atoms with van der Waals surface area (Å²) < 4.78 is 0. The van der Waals surface area contributed by atoms with Crippen molar-refractivity contribution in [3.8, 4) is 0 Å². The van der Waals surface area contributed by atoms with Crippen molar-refractivity contribution < 1.29 is 0 Å². The fourth-order valence-electron chi connectivity index (χ4n) is 6.05. The van der Waals surface area contributed by atoms with Crippen LogP contribution in [-0.4, -0.2) is 0 Å². The Kier molecular flexibility index (Phi) is 7.25. The second-order valence-corrected chi connectivity index (χ2v) is 10.2. The lowest BCUT2D eigenvalue weighted by molar-refractivity contribution is 0.323. The summed E-state index contributed by atoms with van der Waals surface area (Å²) in [7, 11) is 0. The summed E-state index contributed by atoms with van der Waals surface area (Å²) in [5.41, 5.74) is 7.22. The van der Waals surface area contributed by atoms with Gasteiger partial charge >= 0.3 is 0 Å². The third-order valence-electron chi connectivity index (χ3n) is 7.89. The topological polar surface area (TPSA) is 0 Å². The predicted octanol–water partition coefficient (Wildman–Crippen LogP) is 8.73. The summed E-state index contributed by atoms with van der Waals surface area (Å²) in [4.78, 5) is 0. The van der Waals surface area contributed by atoms with Crippen LogP contribution in [0.3, 0.4) is 0 Å². The molecule has 0 aromatic heterocycles. The Morgan fingerprint density at radius 3 is 2.18 bits per heavy atom. The lowest BCUT2D eigenvalue weighted by Gasteiger charge is -2.38. The molecule has 0 saturated heterocycles. The summed E-state index contributed by atoms with van der Waals surface area (Å²) in [6.45, 7) is 4.66. The van der Waals surface area contributed by atoms with E-state index in [9.17, 15) is 0 Å². The second kappa shape index (κ2) is 10.9. The van der Waals surface area contributed by atoms with Gasteiger partial charge in [-0.1, -0.05) is 121 Å². The van der Waals surface area contributed by atoms with E-state index in [-0.39, 0.29) is 0 Å². The zero-order chi connectivity index (χ0) is 23.2. The van der Waals surface area contributed by atoms with E-state index in [0.29, 0.717) is 23.7 Å². The van der Waals surface area contributed by atoms with E-state index in [0.717, 1.165) is 19.3 Å². The lowest BCUT2D eigenvalue weighted by Crippen LogP contribution is -2.26. The van der Waals surface area contributed by atoms with Gasteiger partial charge in [0.15, 0.2) is 0 Å². The number of allylic oxidation sites excluding steroid dienone is 5. The van der Waals surface area contributed by atoms with Crippen molar-refractivity contribution in [3.05, 3.63) is 144 Å². The molecule has 0 saturated carbocycles. The van der Waals surface area contributed by atoms with E-state index in [1.54, 1.807) is 5.57 Å². The SMILES string of the molecule is C=C(Cc1ccccc1)C(Cc1ccccc1)CC1C=C2C=CCCC2CC1c1ccccc1. The summed E-state index contributed by atoms with van der Waals surface area (Å²) in [6, 6.07) is 33.1. The number of hydrogen-bond acceptors (Lipinski definition) is 0. The first-order chi connectivity index (χ1) is 16.8. The van der Waals surface area contributed by atoms with Crippen molar-refractivity contribution in [1.29, 1.82) is 0 Å². The van der Waals surface area contributed by atoms with Gasteiger partial charge in [0, 0.05) is 0 Å². The largest absolute Gasteiger partial charge is 0.0992 e. The van der Waals surface area contributed by atoms with Crippen LogP contribution in [0, 0.1) is 17.8 Å². The Labute approximate surface area is 205 Å². The molecule has 4 atom stereocenters. The maximum atomic E-state index is 4.66. The van der Waals surface area contributed by atoms with Crippen molar-refractivity contribution in [1.82, 2.24) is 0 Å². The number of fused-ring (bicyclic) bond motifs is 1. The molecule has 0 aliphatic heterocycles. The highest BCUT2D eigenvalue weighted by atomic mass is 14.4. The van der Waals surface area contributed by atoms with Gasteiger partial charge in [0.05, 0.1) is 0 Å². The molecule has 0 spiro atoms. The molecule has 3 aromatic carbocycles. The van der Waals surface area contributed by atoms with Crippen LogP contribution in [0.15, 0.2) is 127 Å². The molecule has 0 radical (unpaired) electrons. The molecule has 0 fully saturated rings.